The number of nitro groups is 1. The van der Waals surface area contributed by atoms with Gasteiger partial charge in [-0.3, -0.25) is 14.9 Å². The van der Waals surface area contributed by atoms with E-state index in [1.165, 1.54) is 12.3 Å². The first kappa shape index (κ1) is 15.7. The maximum absolute atomic E-state index is 11.8. The summed E-state index contributed by atoms with van der Waals surface area (Å²) >= 11 is 7.37. The van der Waals surface area contributed by atoms with Gasteiger partial charge in [0.2, 0.25) is 5.15 Å². The molecule has 8 heteroatoms. The molecule has 0 atom stereocenters. The number of carbonyl (C=O) groups is 1. The standard InChI is InChI=1S/C11H14ClN3O3S/c1-19-7-3-2-5-14-11(16)8-4-6-13-10(12)9(8)15(17)18/h4,6H,2-3,5,7H2,1H3,(H,14,16). The minimum atomic E-state index is -0.696. The molecular formula is C11H14ClN3O3S. The van der Waals surface area contributed by atoms with Gasteiger partial charge in [-0.2, -0.15) is 11.8 Å². The number of hydrogen-bond acceptors (Lipinski definition) is 5. The third-order valence-electron chi connectivity index (χ3n) is 2.37. The van der Waals surface area contributed by atoms with Gasteiger partial charge in [0, 0.05) is 12.7 Å². The Kier molecular flexibility index (Phi) is 6.58. The summed E-state index contributed by atoms with van der Waals surface area (Å²) in [5.74, 6) is 0.525. The Morgan fingerprint density at radius 2 is 2.32 bits per heavy atom. The number of nitrogens with one attached hydrogen (secondary N) is 1. The van der Waals surface area contributed by atoms with Crippen molar-refractivity contribution in [2.45, 2.75) is 12.8 Å². The van der Waals surface area contributed by atoms with Gasteiger partial charge in [0.15, 0.2) is 0 Å². The van der Waals surface area contributed by atoms with Crippen LogP contribution in [-0.2, 0) is 0 Å². The van der Waals surface area contributed by atoms with Crippen molar-refractivity contribution in [3.05, 3.63) is 33.1 Å². The zero-order valence-electron chi connectivity index (χ0n) is 10.4. The maximum Gasteiger partial charge on any atom is 0.319 e. The average Bonchev–Trinajstić information content (AvgIpc) is 2.37. The molecule has 0 saturated heterocycles. The fourth-order valence-electron chi connectivity index (χ4n) is 1.45. The molecule has 0 spiro atoms. The van der Waals surface area contributed by atoms with Crippen LogP contribution in [-0.4, -0.2) is 34.4 Å². The molecule has 0 bridgehead atoms. The van der Waals surface area contributed by atoms with E-state index in [1.807, 2.05) is 6.26 Å². The molecular weight excluding hydrogens is 290 g/mol. The summed E-state index contributed by atoms with van der Waals surface area (Å²) in [5.41, 5.74) is -0.513. The molecule has 0 saturated carbocycles. The highest BCUT2D eigenvalue weighted by atomic mass is 35.5. The van der Waals surface area contributed by atoms with E-state index in [2.05, 4.69) is 10.3 Å². The van der Waals surface area contributed by atoms with E-state index >= 15 is 0 Å². The van der Waals surface area contributed by atoms with Crippen molar-refractivity contribution in [2.24, 2.45) is 0 Å². The van der Waals surface area contributed by atoms with Crippen LogP contribution in [0, 0.1) is 10.1 Å². The molecule has 104 valence electrons. The molecule has 1 aromatic rings. The van der Waals surface area contributed by atoms with Crippen molar-refractivity contribution in [2.75, 3.05) is 18.6 Å². The monoisotopic (exact) mass is 303 g/mol. The molecule has 1 amide bonds. The van der Waals surface area contributed by atoms with Gasteiger partial charge in [-0.1, -0.05) is 11.6 Å². The lowest BCUT2D eigenvalue weighted by atomic mass is 10.2. The maximum atomic E-state index is 11.8. The van der Waals surface area contributed by atoms with Gasteiger partial charge in [-0.25, -0.2) is 4.98 Å². The lowest BCUT2D eigenvalue weighted by Crippen LogP contribution is -2.25. The molecule has 0 aromatic carbocycles. The number of amides is 1. The summed E-state index contributed by atoms with van der Waals surface area (Å²) in [6.45, 7) is 0.483. The summed E-state index contributed by atoms with van der Waals surface area (Å²) < 4.78 is 0. The number of carbonyl (C=O) groups excluding carboxylic acids is 1. The van der Waals surface area contributed by atoms with Crippen LogP contribution in [0.1, 0.15) is 23.2 Å². The third kappa shape index (κ3) is 4.68. The van der Waals surface area contributed by atoms with Gasteiger partial charge in [0.25, 0.3) is 5.91 Å². The highest BCUT2D eigenvalue weighted by Crippen LogP contribution is 2.25. The van der Waals surface area contributed by atoms with Crippen molar-refractivity contribution in [1.29, 1.82) is 0 Å². The predicted octanol–water partition coefficient (Wildman–Crippen LogP) is 2.52. The van der Waals surface area contributed by atoms with Crippen LogP contribution < -0.4 is 5.32 Å². The van der Waals surface area contributed by atoms with E-state index in [0.29, 0.717) is 6.54 Å². The first-order valence-electron chi connectivity index (χ1n) is 5.64. The largest absolute Gasteiger partial charge is 0.352 e. The van der Waals surface area contributed by atoms with Crippen molar-refractivity contribution in [1.82, 2.24) is 10.3 Å². The molecule has 0 radical (unpaired) electrons. The topological polar surface area (TPSA) is 85.1 Å². The molecule has 0 fully saturated rings. The fraction of sp³-hybridized carbons (Fsp3) is 0.455. The molecule has 1 rings (SSSR count). The van der Waals surface area contributed by atoms with E-state index in [4.69, 9.17) is 11.6 Å². The van der Waals surface area contributed by atoms with E-state index in [1.54, 1.807) is 11.8 Å². The minimum absolute atomic E-state index is 0.0603. The third-order valence-corrected chi connectivity index (χ3v) is 3.34. The van der Waals surface area contributed by atoms with E-state index < -0.39 is 16.5 Å². The number of nitrogens with zero attached hydrogens (tertiary/aromatic N) is 2. The van der Waals surface area contributed by atoms with Gasteiger partial charge >= 0.3 is 5.69 Å². The second-order valence-electron chi connectivity index (χ2n) is 3.71. The summed E-state index contributed by atoms with van der Waals surface area (Å²) in [5, 5.41) is 13.2. The van der Waals surface area contributed by atoms with Crippen LogP contribution in [0.15, 0.2) is 12.3 Å². The fourth-order valence-corrected chi connectivity index (χ4v) is 2.17. The summed E-state index contributed by atoms with van der Waals surface area (Å²) in [7, 11) is 0. The van der Waals surface area contributed by atoms with Gasteiger partial charge in [-0.05, 0) is 30.9 Å². The normalized spacial score (nSPS) is 10.2. The van der Waals surface area contributed by atoms with Crippen LogP contribution in [0.4, 0.5) is 5.69 Å². The molecule has 0 unspecified atom stereocenters. The second kappa shape index (κ2) is 7.96. The number of hydrogen-bond donors (Lipinski definition) is 1. The van der Waals surface area contributed by atoms with Gasteiger partial charge in [0.05, 0.1) is 4.92 Å². The van der Waals surface area contributed by atoms with Crippen LogP contribution in [0.2, 0.25) is 5.15 Å². The second-order valence-corrected chi connectivity index (χ2v) is 5.05. The Bertz CT molecular complexity index is 470. The summed E-state index contributed by atoms with van der Waals surface area (Å²) in [6.07, 6.45) is 5.11. The van der Waals surface area contributed by atoms with Crippen LogP contribution in [0.25, 0.3) is 0 Å². The Hall–Kier alpha value is -1.34. The number of unbranched alkanes of at least 4 members (excludes halogenated alkanes) is 1. The first-order valence-corrected chi connectivity index (χ1v) is 7.41. The van der Waals surface area contributed by atoms with E-state index in [-0.39, 0.29) is 10.7 Å². The van der Waals surface area contributed by atoms with Gasteiger partial charge in [0.1, 0.15) is 5.56 Å². The molecule has 0 aliphatic carbocycles. The molecule has 0 aliphatic heterocycles. The van der Waals surface area contributed by atoms with Gasteiger partial charge in [-0.15, -0.1) is 0 Å². The lowest BCUT2D eigenvalue weighted by Gasteiger charge is -2.05. The number of aromatic nitrogens is 1. The summed E-state index contributed by atoms with van der Waals surface area (Å²) in [6, 6.07) is 1.29. The zero-order chi connectivity index (χ0) is 14.3. The number of halogens is 1. The lowest BCUT2D eigenvalue weighted by molar-refractivity contribution is -0.385. The smallest absolute Gasteiger partial charge is 0.319 e. The molecule has 19 heavy (non-hydrogen) atoms. The Labute approximate surface area is 120 Å². The molecule has 1 heterocycles. The van der Waals surface area contributed by atoms with Crippen LogP contribution >= 0.6 is 23.4 Å². The predicted molar refractivity (Wildman–Crippen MR) is 75.9 cm³/mol. The Morgan fingerprint density at radius 1 is 1.58 bits per heavy atom. The van der Waals surface area contributed by atoms with Crippen molar-refractivity contribution < 1.29 is 9.72 Å². The minimum Gasteiger partial charge on any atom is -0.352 e. The van der Waals surface area contributed by atoms with E-state index in [0.717, 1.165) is 18.6 Å². The number of rotatable bonds is 7. The molecule has 6 nitrogen and oxygen atoms in total. The SMILES string of the molecule is CSCCCCNC(=O)c1ccnc(Cl)c1[N+](=O)[O-]. The number of thioether (sulfide) groups is 1. The Balaban J connectivity index is 2.67. The first-order chi connectivity index (χ1) is 9.07. The van der Waals surface area contributed by atoms with Crippen LogP contribution in [0.5, 0.6) is 0 Å². The number of pyridine rings is 1. The highest BCUT2D eigenvalue weighted by molar-refractivity contribution is 7.98. The van der Waals surface area contributed by atoms with Crippen LogP contribution in [0.3, 0.4) is 0 Å². The summed E-state index contributed by atoms with van der Waals surface area (Å²) in [4.78, 5) is 25.6. The average molecular weight is 304 g/mol. The van der Waals surface area contributed by atoms with Crippen molar-refractivity contribution in [3.63, 3.8) is 0 Å². The Morgan fingerprint density at radius 3 is 2.95 bits per heavy atom. The van der Waals surface area contributed by atoms with E-state index in [9.17, 15) is 14.9 Å². The highest BCUT2D eigenvalue weighted by Gasteiger charge is 2.24. The molecule has 1 N–H and O–H groups in total. The quantitative estimate of drug-likeness (QED) is 0.362. The van der Waals surface area contributed by atoms with Crippen molar-refractivity contribution in [3.8, 4) is 0 Å². The molecule has 0 aliphatic rings. The zero-order valence-corrected chi connectivity index (χ0v) is 12.0. The van der Waals surface area contributed by atoms with Gasteiger partial charge < -0.3 is 5.32 Å². The molecule has 1 aromatic heterocycles. The van der Waals surface area contributed by atoms with Crippen molar-refractivity contribution >= 4 is 35.0 Å².